The molecule has 2 rings (SSSR count). The van der Waals surface area contributed by atoms with Crippen LogP contribution in [0, 0.1) is 0 Å². The molecule has 22 heavy (non-hydrogen) atoms. The van der Waals surface area contributed by atoms with Crippen molar-refractivity contribution in [2.24, 2.45) is 0 Å². The first-order chi connectivity index (χ1) is 10.5. The molecule has 0 spiro atoms. The molecule has 0 unspecified atom stereocenters. The molecule has 4 nitrogen and oxygen atoms in total. The second-order valence-electron chi connectivity index (χ2n) is 4.77. The summed E-state index contributed by atoms with van der Waals surface area (Å²) >= 11 is 13.3. The van der Waals surface area contributed by atoms with Crippen molar-refractivity contribution in [3.8, 4) is 5.75 Å². The minimum atomic E-state index is -0.169. The third-order valence-electron chi connectivity index (χ3n) is 3.02. The minimum absolute atomic E-state index is 0.124. The molecular formula is C15H16Cl2N2O2S. The van der Waals surface area contributed by atoms with E-state index in [1.165, 1.54) is 11.3 Å². The lowest BCUT2D eigenvalue weighted by Gasteiger charge is -2.09. The maximum Gasteiger partial charge on any atom is 0.270 e. The summed E-state index contributed by atoms with van der Waals surface area (Å²) in [6.45, 7) is 4.21. The first-order valence-corrected chi connectivity index (χ1v) is 8.46. The second-order valence-corrected chi connectivity index (χ2v) is 6.56. The van der Waals surface area contributed by atoms with Gasteiger partial charge in [-0.25, -0.2) is 4.98 Å². The van der Waals surface area contributed by atoms with E-state index in [0.29, 0.717) is 26.5 Å². The van der Waals surface area contributed by atoms with E-state index in [0.717, 1.165) is 6.42 Å². The molecule has 7 heteroatoms. The molecule has 1 aromatic carbocycles. The smallest absolute Gasteiger partial charge is 0.270 e. The molecule has 1 aromatic heterocycles. The van der Waals surface area contributed by atoms with E-state index in [2.05, 4.69) is 10.3 Å². The zero-order chi connectivity index (χ0) is 16.1. The zero-order valence-corrected chi connectivity index (χ0v) is 14.6. The van der Waals surface area contributed by atoms with Gasteiger partial charge < -0.3 is 10.1 Å². The van der Waals surface area contributed by atoms with Gasteiger partial charge in [-0.15, -0.1) is 11.3 Å². The van der Waals surface area contributed by atoms with Gasteiger partial charge in [0.2, 0.25) is 0 Å². The number of thiazole rings is 1. The highest BCUT2D eigenvalue weighted by Gasteiger charge is 2.13. The summed E-state index contributed by atoms with van der Waals surface area (Å²) < 4.78 is 5.60. The molecule has 0 aliphatic rings. The van der Waals surface area contributed by atoms with Gasteiger partial charge >= 0.3 is 0 Å². The lowest BCUT2D eigenvalue weighted by molar-refractivity contribution is 0.0934. The van der Waals surface area contributed by atoms with E-state index in [-0.39, 0.29) is 18.6 Å². The number of nitrogens with zero attached hydrogens (tertiary/aromatic N) is 1. The van der Waals surface area contributed by atoms with Crippen molar-refractivity contribution in [2.45, 2.75) is 32.9 Å². The summed E-state index contributed by atoms with van der Waals surface area (Å²) in [6.07, 6.45) is 0.874. The number of aromatic nitrogens is 1. The third kappa shape index (κ3) is 4.60. The number of rotatable bonds is 6. The molecule has 0 bridgehead atoms. The number of carbonyl (C=O) groups is 1. The topological polar surface area (TPSA) is 51.2 Å². The zero-order valence-electron chi connectivity index (χ0n) is 12.2. The summed E-state index contributed by atoms with van der Waals surface area (Å²) in [5, 5.41) is 6.32. The van der Waals surface area contributed by atoms with Crippen molar-refractivity contribution in [1.82, 2.24) is 10.3 Å². The number of amides is 1. The van der Waals surface area contributed by atoms with Crippen molar-refractivity contribution >= 4 is 40.4 Å². The number of halogens is 2. The normalized spacial score (nSPS) is 12.0. The highest BCUT2D eigenvalue weighted by Crippen LogP contribution is 2.28. The molecule has 0 aliphatic heterocycles. The van der Waals surface area contributed by atoms with Gasteiger partial charge in [0.25, 0.3) is 5.91 Å². The Labute approximate surface area is 143 Å². The summed E-state index contributed by atoms with van der Waals surface area (Å²) in [7, 11) is 0. The fraction of sp³-hybridized carbons (Fsp3) is 0.333. The van der Waals surface area contributed by atoms with E-state index in [9.17, 15) is 4.79 Å². The van der Waals surface area contributed by atoms with E-state index >= 15 is 0 Å². The molecule has 118 valence electrons. The Bertz CT molecular complexity index is 661. The Balaban J connectivity index is 1.97. The molecule has 1 heterocycles. The Morgan fingerprint density at radius 3 is 2.95 bits per heavy atom. The Hall–Kier alpha value is -1.30. The standard InChI is InChI=1S/C15H16Cl2N2O2S/c1-3-9(2)18-15(20)12-8-22-14(19-12)7-21-13-6-10(16)4-5-11(13)17/h4-6,8-9H,3,7H2,1-2H3,(H,18,20)/t9-/m1/s1. The van der Waals surface area contributed by atoms with E-state index < -0.39 is 0 Å². The van der Waals surface area contributed by atoms with E-state index in [1.807, 2.05) is 13.8 Å². The summed E-state index contributed by atoms with van der Waals surface area (Å²) in [5.74, 6) is 0.326. The van der Waals surface area contributed by atoms with Gasteiger partial charge in [0.15, 0.2) is 0 Å². The lowest BCUT2D eigenvalue weighted by Crippen LogP contribution is -2.32. The third-order valence-corrected chi connectivity index (χ3v) is 4.39. The molecule has 2 aromatic rings. The van der Waals surface area contributed by atoms with Gasteiger partial charge in [-0.05, 0) is 25.5 Å². The van der Waals surface area contributed by atoms with Gasteiger partial charge in [0.05, 0.1) is 5.02 Å². The maximum atomic E-state index is 12.0. The number of carbonyl (C=O) groups excluding carboxylic acids is 1. The fourth-order valence-corrected chi connectivity index (χ4v) is 2.63. The maximum absolute atomic E-state index is 12.0. The molecule has 1 atom stereocenters. The van der Waals surface area contributed by atoms with E-state index in [4.69, 9.17) is 27.9 Å². The van der Waals surface area contributed by atoms with Crippen LogP contribution in [0.4, 0.5) is 0 Å². The predicted octanol–water partition coefficient (Wildman–Crippen LogP) is 4.56. The van der Waals surface area contributed by atoms with E-state index in [1.54, 1.807) is 23.6 Å². The monoisotopic (exact) mass is 358 g/mol. The van der Waals surface area contributed by atoms with Gasteiger partial charge in [-0.1, -0.05) is 30.1 Å². The van der Waals surface area contributed by atoms with Crippen molar-refractivity contribution in [1.29, 1.82) is 0 Å². The number of nitrogens with one attached hydrogen (secondary N) is 1. The number of ether oxygens (including phenoxy) is 1. The summed E-state index contributed by atoms with van der Waals surface area (Å²) in [4.78, 5) is 16.2. The Morgan fingerprint density at radius 1 is 1.45 bits per heavy atom. The summed E-state index contributed by atoms with van der Waals surface area (Å²) in [6, 6.07) is 5.14. The molecule has 0 saturated carbocycles. The van der Waals surface area contributed by atoms with Gasteiger partial charge in [-0.3, -0.25) is 4.79 Å². The molecule has 0 aliphatic carbocycles. The second kappa shape index (κ2) is 7.81. The highest BCUT2D eigenvalue weighted by molar-refractivity contribution is 7.09. The van der Waals surface area contributed by atoms with Crippen LogP contribution in [0.3, 0.4) is 0 Å². The van der Waals surface area contributed by atoms with Crippen molar-refractivity contribution in [2.75, 3.05) is 0 Å². The van der Waals surface area contributed by atoms with Crippen LogP contribution < -0.4 is 10.1 Å². The van der Waals surface area contributed by atoms with Gasteiger partial charge in [0.1, 0.15) is 23.1 Å². The first-order valence-electron chi connectivity index (χ1n) is 6.82. The quantitative estimate of drug-likeness (QED) is 0.823. The number of hydrogen-bond acceptors (Lipinski definition) is 4. The first kappa shape index (κ1) is 17.1. The van der Waals surface area contributed by atoms with Crippen molar-refractivity contribution in [3.05, 3.63) is 44.3 Å². The molecule has 0 fully saturated rings. The number of benzene rings is 1. The van der Waals surface area contributed by atoms with Crippen molar-refractivity contribution < 1.29 is 9.53 Å². The number of hydrogen-bond donors (Lipinski definition) is 1. The largest absolute Gasteiger partial charge is 0.485 e. The Kier molecular flexibility index (Phi) is 6.06. The molecular weight excluding hydrogens is 343 g/mol. The highest BCUT2D eigenvalue weighted by atomic mass is 35.5. The van der Waals surface area contributed by atoms with Crippen LogP contribution in [0.5, 0.6) is 5.75 Å². The lowest BCUT2D eigenvalue weighted by atomic mass is 10.2. The van der Waals surface area contributed by atoms with Crippen LogP contribution in [0.25, 0.3) is 0 Å². The van der Waals surface area contributed by atoms with Gasteiger partial charge in [-0.2, -0.15) is 0 Å². The van der Waals surface area contributed by atoms with Gasteiger partial charge in [0, 0.05) is 22.5 Å². The van der Waals surface area contributed by atoms with Crippen LogP contribution in [-0.4, -0.2) is 16.9 Å². The molecule has 1 amide bonds. The van der Waals surface area contributed by atoms with Crippen LogP contribution in [-0.2, 0) is 6.61 Å². The van der Waals surface area contributed by atoms with Crippen LogP contribution in [0.15, 0.2) is 23.6 Å². The summed E-state index contributed by atoms with van der Waals surface area (Å²) in [5.41, 5.74) is 0.404. The molecule has 0 saturated heterocycles. The fourth-order valence-electron chi connectivity index (χ4n) is 1.61. The molecule has 0 radical (unpaired) electrons. The van der Waals surface area contributed by atoms with Crippen LogP contribution in [0.1, 0.15) is 35.8 Å². The SMILES string of the molecule is CC[C@@H](C)NC(=O)c1csc(COc2cc(Cl)ccc2Cl)n1. The average molecular weight is 359 g/mol. The Morgan fingerprint density at radius 2 is 2.23 bits per heavy atom. The average Bonchev–Trinajstić information content (AvgIpc) is 2.97. The predicted molar refractivity (Wildman–Crippen MR) is 90.1 cm³/mol. The molecule has 1 N–H and O–H groups in total. The van der Waals surface area contributed by atoms with Crippen LogP contribution >= 0.6 is 34.5 Å². The van der Waals surface area contributed by atoms with Crippen LogP contribution in [0.2, 0.25) is 10.0 Å². The van der Waals surface area contributed by atoms with Crippen molar-refractivity contribution in [3.63, 3.8) is 0 Å². The minimum Gasteiger partial charge on any atom is -0.485 e.